The number of anilines is 1. The van der Waals surface area contributed by atoms with Crippen LogP contribution in [0.25, 0.3) is 10.8 Å². The Morgan fingerprint density at radius 3 is 2.70 bits per heavy atom. The highest BCUT2D eigenvalue weighted by molar-refractivity contribution is 7.09. The lowest BCUT2D eigenvalue weighted by Gasteiger charge is -2.21. The average molecular weight is 325 g/mol. The molecule has 3 aromatic rings. The summed E-state index contributed by atoms with van der Waals surface area (Å²) in [6.45, 7) is 2.84. The lowest BCUT2D eigenvalue weighted by Crippen LogP contribution is -3.12. The smallest absolute Gasteiger partial charge is 0.282 e. The number of rotatable bonds is 5. The molecule has 3 rings (SSSR count). The molecule has 118 valence electrons. The Morgan fingerprint density at radius 2 is 1.91 bits per heavy atom. The number of hydrogen-bond donors (Lipinski definition) is 2. The maximum atomic E-state index is 12.6. The Hall–Kier alpha value is -2.17. The molecule has 0 aliphatic heterocycles. The highest BCUT2D eigenvalue weighted by atomic mass is 32.1. The van der Waals surface area contributed by atoms with E-state index in [0.29, 0.717) is 0 Å². The summed E-state index contributed by atoms with van der Waals surface area (Å²) in [4.78, 5) is 15.1. The number of hydrogen-bond acceptors (Lipinski definition) is 2. The van der Waals surface area contributed by atoms with Crippen molar-refractivity contribution in [1.82, 2.24) is 0 Å². The van der Waals surface area contributed by atoms with Crippen LogP contribution in [0.15, 0.2) is 60.0 Å². The third-order valence-electron chi connectivity index (χ3n) is 4.21. The summed E-state index contributed by atoms with van der Waals surface area (Å²) in [5.41, 5.74) is 0.879. The Labute approximate surface area is 140 Å². The van der Waals surface area contributed by atoms with Gasteiger partial charge in [-0.2, -0.15) is 0 Å². The normalized spacial score (nSPS) is 13.7. The molecule has 1 unspecified atom stereocenters. The van der Waals surface area contributed by atoms with Crippen LogP contribution in [0.5, 0.6) is 0 Å². The Balaban J connectivity index is 1.72. The van der Waals surface area contributed by atoms with E-state index in [9.17, 15) is 4.79 Å². The second-order valence-corrected chi connectivity index (χ2v) is 6.87. The quantitative estimate of drug-likeness (QED) is 0.743. The molecule has 0 fully saturated rings. The third kappa shape index (κ3) is 3.60. The van der Waals surface area contributed by atoms with Crippen LogP contribution in [0.1, 0.15) is 11.8 Å². The molecule has 2 N–H and O–H groups in total. The summed E-state index contributed by atoms with van der Waals surface area (Å²) >= 11 is 1.73. The molecule has 0 saturated carbocycles. The first-order valence-corrected chi connectivity index (χ1v) is 8.66. The first-order valence-electron chi connectivity index (χ1n) is 7.78. The molecule has 0 saturated heterocycles. The Morgan fingerprint density at radius 1 is 1.13 bits per heavy atom. The number of nitrogens with one attached hydrogen (secondary N) is 2. The number of thiophene rings is 1. The molecular weight excluding hydrogens is 304 g/mol. The van der Waals surface area contributed by atoms with Crippen LogP contribution >= 0.6 is 11.3 Å². The zero-order valence-corrected chi connectivity index (χ0v) is 14.2. The zero-order chi connectivity index (χ0) is 16.2. The van der Waals surface area contributed by atoms with E-state index < -0.39 is 0 Å². The number of benzene rings is 2. The SMILES string of the molecule is C[C@H](C(=O)Nc1cccc2ccccc12)[NH+](C)Cc1cccs1. The van der Waals surface area contributed by atoms with Gasteiger partial charge in [0.05, 0.1) is 11.9 Å². The summed E-state index contributed by atoms with van der Waals surface area (Å²) in [6.07, 6.45) is 0. The van der Waals surface area contributed by atoms with E-state index in [4.69, 9.17) is 0 Å². The second kappa shape index (κ2) is 6.94. The lowest BCUT2D eigenvalue weighted by atomic mass is 10.1. The van der Waals surface area contributed by atoms with Crippen molar-refractivity contribution in [3.05, 3.63) is 64.9 Å². The minimum Gasteiger partial charge on any atom is -0.323 e. The van der Waals surface area contributed by atoms with Crippen LogP contribution in [0.3, 0.4) is 0 Å². The standard InChI is InChI=1S/C19H20N2OS/c1-14(21(2)13-16-9-6-12-23-16)19(22)20-18-11-5-8-15-7-3-4-10-17(15)18/h3-12,14H,13H2,1-2H3,(H,20,22)/p+1/t14-/m1/s1. The van der Waals surface area contributed by atoms with Crippen LogP contribution in [-0.2, 0) is 11.3 Å². The predicted octanol–water partition coefficient (Wildman–Crippen LogP) is 2.94. The van der Waals surface area contributed by atoms with Crippen LogP contribution in [-0.4, -0.2) is 19.0 Å². The molecule has 3 nitrogen and oxygen atoms in total. The van der Waals surface area contributed by atoms with E-state index >= 15 is 0 Å². The van der Waals surface area contributed by atoms with E-state index in [2.05, 4.69) is 35.9 Å². The monoisotopic (exact) mass is 325 g/mol. The Bertz CT molecular complexity index is 793. The largest absolute Gasteiger partial charge is 0.323 e. The minimum atomic E-state index is -0.115. The van der Waals surface area contributed by atoms with Gasteiger partial charge in [-0.25, -0.2) is 0 Å². The van der Waals surface area contributed by atoms with E-state index in [1.165, 1.54) is 9.78 Å². The predicted molar refractivity (Wildman–Crippen MR) is 96.9 cm³/mol. The Kier molecular flexibility index (Phi) is 4.74. The van der Waals surface area contributed by atoms with Crippen molar-refractivity contribution in [2.24, 2.45) is 0 Å². The second-order valence-electron chi connectivity index (χ2n) is 5.84. The van der Waals surface area contributed by atoms with Crippen molar-refractivity contribution in [2.45, 2.75) is 19.5 Å². The highest BCUT2D eigenvalue weighted by Gasteiger charge is 2.22. The van der Waals surface area contributed by atoms with E-state index in [1.807, 2.05) is 43.3 Å². The molecule has 1 heterocycles. The minimum absolute atomic E-state index is 0.0513. The van der Waals surface area contributed by atoms with Gasteiger partial charge in [0.15, 0.2) is 6.04 Å². The van der Waals surface area contributed by atoms with Crippen molar-refractivity contribution in [1.29, 1.82) is 0 Å². The van der Waals surface area contributed by atoms with Gasteiger partial charge in [0.1, 0.15) is 6.54 Å². The fourth-order valence-corrected chi connectivity index (χ4v) is 3.44. The van der Waals surface area contributed by atoms with Gasteiger partial charge in [-0.15, -0.1) is 11.3 Å². The van der Waals surface area contributed by atoms with Gasteiger partial charge in [0, 0.05) is 11.1 Å². The molecular formula is C19H21N2OS+. The van der Waals surface area contributed by atoms with Gasteiger partial charge in [0.2, 0.25) is 0 Å². The number of carbonyl (C=O) groups excluding carboxylic acids is 1. The van der Waals surface area contributed by atoms with Crippen LogP contribution in [0.4, 0.5) is 5.69 Å². The van der Waals surface area contributed by atoms with E-state index in [0.717, 1.165) is 23.0 Å². The summed E-state index contributed by atoms with van der Waals surface area (Å²) < 4.78 is 0. The molecule has 0 aliphatic carbocycles. The summed E-state index contributed by atoms with van der Waals surface area (Å²) in [5.74, 6) is 0.0513. The third-order valence-corrected chi connectivity index (χ3v) is 5.09. The van der Waals surface area contributed by atoms with Crippen molar-refractivity contribution >= 4 is 33.7 Å². The van der Waals surface area contributed by atoms with Crippen molar-refractivity contribution in [2.75, 3.05) is 12.4 Å². The van der Waals surface area contributed by atoms with Gasteiger partial charge < -0.3 is 10.2 Å². The topological polar surface area (TPSA) is 33.5 Å². The summed E-state index contributed by atoms with van der Waals surface area (Å²) in [5, 5.41) is 7.37. The van der Waals surface area contributed by atoms with Crippen molar-refractivity contribution in [3.63, 3.8) is 0 Å². The average Bonchev–Trinajstić information content (AvgIpc) is 3.07. The zero-order valence-electron chi connectivity index (χ0n) is 13.4. The number of fused-ring (bicyclic) bond motifs is 1. The number of carbonyl (C=O) groups is 1. The lowest BCUT2D eigenvalue weighted by molar-refractivity contribution is -0.907. The molecule has 0 bridgehead atoms. The van der Waals surface area contributed by atoms with Crippen molar-refractivity contribution < 1.29 is 9.69 Å². The molecule has 1 amide bonds. The molecule has 0 aliphatic rings. The first-order chi connectivity index (χ1) is 11.1. The first kappa shape index (κ1) is 15.7. The van der Waals surface area contributed by atoms with E-state index in [-0.39, 0.29) is 11.9 Å². The van der Waals surface area contributed by atoms with Gasteiger partial charge in [-0.3, -0.25) is 4.79 Å². The molecule has 1 aromatic heterocycles. The number of amides is 1. The van der Waals surface area contributed by atoms with Gasteiger partial charge in [-0.05, 0) is 29.8 Å². The maximum Gasteiger partial charge on any atom is 0.282 e. The fourth-order valence-electron chi connectivity index (χ4n) is 2.64. The van der Waals surface area contributed by atoms with Gasteiger partial charge >= 0.3 is 0 Å². The molecule has 2 atom stereocenters. The van der Waals surface area contributed by atoms with E-state index in [1.54, 1.807) is 11.3 Å². The van der Waals surface area contributed by atoms with Gasteiger partial charge in [-0.1, -0.05) is 42.5 Å². The highest BCUT2D eigenvalue weighted by Crippen LogP contribution is 2.22. The van der Waals surface area contributed by atoms with Crippen LogP contribution < -0.4 is 10.2 Å². The summed E-state index contributed by atoms with van der Waals surface area (Å²) in [7, 11) is 2.06. The van der Waals surface area contributed by atoms with Crippen LogP contribution in [0, 0.1) is 0 Å². The molecule has 2 aromatic carbocycles. The molecule has 0 radical (unpaired) electrons. The number of likely N-dealkylation sites (N-methyl/N-ethyl adjacent to an activating group) is 1. The van der Waals surface area contributed by atoms with Crippen molar-refractivity contribution in [3.8, 4) is 0 Å². The van der Waals surface area contributed by atoms with Gasteiger partial charge in [0.25, 0.3) is 5.91 Å². The molecule has 0 spiro atoms. The summed E-state index contributed by atoms with van der Waals surface area (Å²) in [6, 6.07) is 18.1. The maximum absolute atomic E-state index is 12.6. The molecule has 4 heteroatoms. The number of quaternary nitrogens is 1. The molecule has 23 heavy (non-hydrogen) atoms. The van der Waals surface area contributed by atoms with Crippen LogP contribution in [0.2, 0.25) is 0 Å². The fraction of sp³-hybridized carbons (Fsp3) is 0.211.